The first-order valence-electron chi connectivity index (χ1n) is 3.72. The number of hydrogen-bond acceptors (Lipinski definition) is 2. The van der Waals surface area contributed by atoms with Crippen LogP contribution in [0.4, 0.5) is 4.39 Å². The molecule has 1 aromatic rings. The van der Waals surface area contributed by atoms with E-state index in [1.54, 1.807) is 19.2 Å². The van der Waals surface area contributed by atoms with Crippen LogP contribution in [-0.4, -0.2) is 12.1 Å². The molecule has 0 aliphatic rings. The van der Waals surface area contributed by atoms with Gasteiger partial charge in [0.05, 0.1) is 6.61 Å². The van der Waals surface area contributed by atoms with Gasteiger partial charge in [-0.25, -0.2) is 4.39 Å². The van der Waals surface area contributed by atoms with Crippen molar-refractivity contribution < 1.29 is 9.13 Å². The molecule has 4 heteroatoms. The summed E-state index contributed by atoms with van der Waals surface area (Å²) >= 11 is 4.69. The zero-order valence-corrected chi connectivity index (χ0v) is 8.03. The number of nitrogens with two attached hydrogens (primary N) is 1. The van der Waals surface area contributed by atoms with Crippen molar-refractivity contribution in [2.45, 2.75) is 6.61 Å². The van der Waals surface area contributed by atoms with E-state index in [-0.39, 0.29) is 10.6 Å². The fraction of sp³-hybridized carbons (Fsp3) is 0.222. The number of benzene rings is 1. The number of hydrogen-bond donors (Lipinski definition) is 1. The summed E-state index contributed by atoms with van der Waals surface area (Å²) in [6, 6.07) is 4.57. The topological polar surface area (TPSA) is 35.2 Å². The predicted molar refractivity (Wildman–Crippen MR) is 53.0 cm³/mol. The first-order valence-corrected chi connectivity index (χ1v) is 4.13. The zero-order chi connectivity index (χ0) is 9.84. The van der Waals surface area contributed by atoms with Crippen LogP contribution in [0.1, 0.15) is 11.1 Å². The molecule has 0 saturated heterocycles. The molecule has 0 aliphatic heterocycles. The van der Waals surface area contributed by atoms with Gasteiger partial charge < -0.3 is 10.5 Å². The van der Waals surface area contributed by atoms with Crippen LogP contribution >= 0.6 is 12.2 Å². The van der Waals surface area contributed by atoms with E-state index in [9.17, 15) is 4.39 Å². The maximum absolute atomic E-state index is 13.1. The third-order valence-electron chi connectivity index (χ3n) is 1.61. The first kappa shape index (κ1) is 10.1. The summed E-state index contributed by atoms with van der Waals surface area (Å²) in [6.07, 6.45) is 0. The highest BCUT2D eigenvalue weighted by atomic mass is 32.1. The van der Waals surface area contributed by atoms with Gasteiger partial charge in [-0.3, -0.25) is 0 Å². The largest absolute Gasteiger partial charge is 0.389 e. The second-order valence-corrected chi connectivity index (χ2v) is 3.05. The summed E-state index contributed by atoms with van der Waals surface area (Å²) in [6.45, 7) is 0.426. The number of halogens is 1. The van der Waals surface area contributed by atoms with Crippen molar-refractivity contribution in [3.8, 4) is 0 Å². The van der Waals surface area contributed by atoms with E-state index < -0.39 is 5.82 Å². The highest BCUT2D eigenvalue weighted by molar-refractivity contribution is 7.80. The quantitative estimate of drug-likeness (QED) is 0.751. The summed E-state index contributed by atoms with van der Waals surface area (Å²) in [4.78, 5) is 0.0652. The molecule has 1 rings (SSSR count). The van der Waals surface area contributed by atoms with Crippen molar-refractivity contribution in [3.05, 3.63) is 35.1 Å². The van der Waals surface area contributed by atoms with Gasteiger partial charge in [-0.15, -0.1) is 0 Å². The van der Waals surface area contributed by atoms with Crippen molar-refractivity contribution in [2.24, 2.45) is 5.73 Å². The molecular weight excluding hydrogens is 189 g/mol. The van der Waals surface area contributed by atoms with E-state index >= 15 is 0 Å². The molecule has 0 amide bonds. The lowest BCUT2D eigenvalue weighted by atomic mass is 10.1. The maximum atomic E-state index is 13.1. The summed E-state index contributed by atoms with van der Waals surface area (Å²) in [5, 5.41) is 0. The van der Waals surface area contributed by atoms with E-state index in [1.807, 2.05) is 0 Å². The van der Waals surface area contributed by atoms with E-state index in [0.29, 0.717) is 6.61 Å². The Kier molecular flexibility index (Phi) is 3.33. The summed E-state index contributed by atoms with van der Waals surface area (Å²) < 4.78 is 17.9. The normalized spacial score (nSPS) is 10.0. The van der Waals surface area contributed by atoms with Gasteiger partial charge in [-0.05, 0) is 17.7 Å². The predicted octanol–water partition coefficient (Wildman–Crippen LogP) is 1.61. The van der Waals surface area contributed by atoms with Crippen LogP contribution < -0.4 is 5.73 Å². The SMILES string of the molecule is COCc1ccc(F)c(C(N)=S)c1. The number of methoxy groups -OCH3 is 1. The molecule has 13 heavy (non-hydrogen) atoms. The summed E-state index contributed by atoms with van der Waals surface area (Å²) in [7, 11) is 1.57. The second-order valence-electron chi connectivity index (χ2n) is 2.61. The highest BCUT2D eigenvalue weighted by Gasteiger charge is 2.05. The van der Waals surface area contributed by atoms with Crippen LogP contribution in [0.3, 0.4) is 0 Å². The number of rotatable bonds is 3. The Morgan fingerprint density at radius 1 is 1.62 bits per heavy atom. The molecule has 0 aromatic heterocycles. The Labute approximate surface area is 81.5 Å². The van der Waals surface area contributed by atoms with Crippen LogP contribution in [0.25, 0.3) is 0 Å². The molecule has 0 unspecified atom stereocenters. The summed E-state index contributed by atoms with van der Waals surface area (Å²) in [5.41, 5.74) is 6.45. The fourth-order valence-corrected chi connectivity index (χ4v) is 1.17. The van der Waals surface area contributed by atoms with Gasteiger partial charge in [0.25, 0.3) is 0 Å². The molecular formula is C9H10FNOS. The van der Waals surface area contributed by atoms with E-state index in [1.165, 1.54) is 6.07 Å². The van der Waals surface area contributed by atoms with Crippen LogP contribution in [-0.2, 0) is 11.3 Å². The number of thiocarbonyl (C=S) groups is 1. The van der Waals surface area contributed by atoms with Gasteiger partial charge in [0.1, 0.15) is 10.8 Å². The van der Waals surface area contributed by atoms with Crippen molar-refractivity contribution in [3.63, 3.8) is 0 Å². The fourth-order valence-electron chi connectivity index (χ4n) is 1.02. The van der Waals surface area contributed by atoms with Crippen molar-refractivity contribution >= 4 is 17.2 Å². The molecule has 0 aliphatic carbocycles. The summed E-state index contributed by atoms with van der Waals surface area (Å²) in [5.74, 6) is -0.396. The Hall–Kier alpha value is -1.00. The van der Waals surface area contributed by atoms with E-state index in [0.717, 1.165) is 5.56 Å². The lowest BCUT2D eigenvalue weighted by Crippen LogP contribution is -2.12. The zero-order valence-electron chi connectivity index (χ0n) is 7.21. The van der Waals surface area contributed by atoms with Crippen LogP contribution in [0, 0.1) is 5.82 Å². The van der Waals surface area contributed by atoms with Crippen LogP contribution in [0.2, 0.25) is 0 Å². The smallest absolute Gasteiger partial charge is 0.133 e. The monoisotopic (exact) mass is 199 g/mol. The van der Waals surface area contributed by atoms with Gasteiger partial charge in [0, 0.05) is 12.7 Å². The molecule has 0 heterocycles. The number of ether oxygens (including phenoxy) is 1. The standard InChI is InChI=1S/C9H10FNOS/c1-12-5-6-2-3-8(10)7(4-6)9(11)13/h2-4H,5H2,1H3,(H2,11,13). The van der Waals surface area contributed by atoms with Gasteiger partial charge in [-0.2, -0.15) is 0 Å². The van der Waals surface area contributed by atoms with E-state index in [4.69, 9.17) is 22.7 Å². The van der Waals surface area contributed by atoms with Crippen LogP contribution in [0.15, 0.2) is 18.2 Å². The minimum Gasteiger partial charge on any atom is -0.389 e. The Bertz CT molecular complexity index is 327. The Balaban J connectivity index is 3.04. The highest BCUT2D eigenvalue weighted by Crippen LogP contribution is 2.11. The van der Waals surface area contributed by atoms with Gasteiger partial charge in [0.2, 0.25) is 0 Å². The van der Waals surface area contributed by atoms with Gasteiger partial charge in [0.15, 0.2) is 0 Å². The third-order valence-corrected chi connectivity index (χ3v) is 1.83. The van der Waals surface area contributed by atoms with Crippen molar-refractivity contribution in [2.75, 3.05) is 7.11 Å². The molecule has 0 saturated carbocycles. The van der Waals surface area contributed by atoms with Gasteiger partial charge >= 0.3 is 0 Å². The van der Waals surface area contributed by atoms with Crippen LogP contribution in [0.5, 0.6) is 0 Å². The molecule has 0 spiro atoms. The lowest BCUT2D eigenvalue weighted by molar-refractivity contribution is 0.185. The lowest BCUT2D eigenvalue weighted by Gasteiger charge is -2.04. The molecule has 0 bridgehead atoms. The molecule has 1 aromatic carbocycles. The minimum atomic E-state index is -0.396. The molecule has 0 atom stereocenters. The average molecular weight is 199 g/mol. The van der Waals surface area contributed by atoms with Gasteiger partial charge in [-0.1, -0.05) is 18.3 Å². The molecule has 0 fully saturated rings. The molecule has 0 radical (unpaired) electrons. The minimum absolute atomic E-state index is 0.0652. The maximum Gasteiger partial charge on any atom is 0.133 e. The second kappa shape index (κ2) is 4.30. The average Bonchev–Trinajstić information content (AvgIpc) is 2.08. The molecule has 2 N–H and O–H groups in total. The van der Waals surface area contributed by atoms with Crippen molar-refractivity contribution in [1.29, 1.82) is 0 Å². The van der Waals surface area contributed by atoms with Crippen molar-refractivity contribution in [1.82, 2.24) is 0 Å². The van der Waals surface area contributed by atoms with E-state index in [2.05, 4.69) is 0 Å². The Morgan fingerprint density at radius 2 is 2.31 bits per heavy atom. The molecule has 2 nitrogen and oxygen atoms in total. The third kappa shape index (κ3) is 2.47. The Morgan fingerprint density at radius 3 is 2.85 bits per heavy atom. The molecule has 70 valence electrons. The first-order chi connectivity index (χ1) is 6.15.